The minimum absolute atomic E-state index is 0.0240. The second kappa shape index (κ2) is 11.3. The molecule has 2 aliphatic carbocycles. The average Bonchev–Trinajstić information content (AvgIpc) is 3.66. The average molecular weight is 504 g/mol. The van der Waals surface area contributed by atoms with E-state index in [1.54, 1.807) is 17.0 Å². The molecule has 188 valence electrons. The Balaban J connectivity index is 1.34. The number of amides is 2. The molecule has 2 aromatic carbocycles. The summed E-state index contributed by atoms with van der Waals surface area (Å²) in [6.07, 6.45) is 9.35. The number of carbonyl (C=O) groups is 2. The first-order valence-electron chi connectivity index (χ1n) is 13.1. The van der Waals surface area contributed by atoms with Gasteiger partial charge in [-0.25, -0.2) is 0 Å². The number of benzene rings is 2. The molecule has 3 aromatic rings. The number of hydrogen-bond acceptors (Lipinski definition) is 2. The second-order valence-electron chi connectivity index (χ2n) is 10.1. The highest BCUT2D eigenvalue weighted by Gasteiger charge is 2.36. The number of carbonyl (C=O) groups excluding carboxylic acids is 2. The summed E-state index contributed by atoms with van der Waals surface area (Å²) in [5, 5.41) is 0.438. The maximum atomic E-state index is 13.8. The molecule has 0 bridgehead atoms. The van der Waals surface area contributed by atoms with E-state index in [0.29, 0.717) is 17.1 Å². The maximum Gasteiger partial charge on any atom is 0.256 e. The van der Waals surface area contributed by atoms with Crippen LogP contribution in [0.15, 0.2) is 72.9 Å². The lowest BCUT2D eigenvalue weighted by Crippen LogP contribution is -2.48. The molecule has 5 nitrogen and oxygen atoms in total. The van der Waals surface area contributed by atoms with Gasteiger partial charge in [-0.05, 0) is 55.5 Å². The molecule has 0 unspecified atom stereocenters. The SMILES string of the molecule is O=C(CN(C(=O)c1ccccc1Cl)C1CCCCC1)N(Cc1cccn1Cc1ccccc1)C1CC1. The summed E-state index contributed by atoms with van der Waals surface area (Å²) >= 11 is 6.39. The van der Waals surface area contributed by atoms with Crippen LogP contribution < -0.4 is 0 Å². The molecule has 2 aliphatic rings. The van der Waals surface area contributed by atoms with Gasteiger partial charge in [0, 0.05) is 30.5 Å². The largest absolute Gasteiger partial charge is 0.345 e. The van der Waals surface area contributed by atoms with Crippen molar-refractivity contribution < 1.29 is 9.59 Å². The van der Waals surface area contributed by atoms with Gasteiger partial charge in [-0.15, -0.1) is 0 Å². The first kappa shape index (κ1) is 24.6. The molecular formula is C30H34ClN3O2. The predicted molar refractivity (Wildman–Crippen MR) is 143 cm³/mol. The normalized spacial score (nSPS) is 16.0. The van der Waals surface area contributed by atoms with Crippen LogP contribution in [0.4, 0.5) is 0 Å². The van der Waals surface area contributed by atoms with Gasteiger partial charge in [0.1, 0.15) is 6.54 Å². The van der Waals surface area contributed by atoms with Crippen molar-refractivity contribution in [2.45, 2.75) is 70.1 Å². The van der Waals surface area contributed by atoms with Crippen molar-refractivity contribution in [3.05, 3.63) is 94.8 Å². The van der Waals surface area contributed by atoms with Crippen LogP contribution in [0.1, 0.15) is 66.6 Å². The lowest BCUT2D eigenvalue weighted by Gasteiger charge is -2.36. The number of nitrogens with zero attached hydrogens (tertiary/aromatic N) is 3. The van der Waals surface area contributed by atoms with E-state index < -0.39 is 0 Å². The van der Waals surface area contributed by atoms with Crippen molar-refractivity contribution in [1.82, 2.24) is 14.4 Å². The van der Waals surface area contributed by atoms with Crippen molar-refractivity contribution in [1.29, 1.82) is 0 Å². The van der Waals surface area contributed by atoms with Gasteiger partial charge in [0.25, 0.3) is 5.91 Å². The predicted octanol–water partition coefficient (Wildman–Crippen LogP) is 6.16. The molecule has 0 saturated heterocycles. The Hall–Kier alpha value is -3.05. The molecule has 2 saturated carbocycles. The van der Waals surface area contributed by atoms with E-state index in [0.717, 1.165) is 50.8 Å². The van der Waals surface area contributed by atoms with Gasteiger partial charge in [0.2, 0.25) is 5.91 Å². The lowest BCUT2D eigenvalue weighted by atomic mass is 9.93. The fourth-order valence-electron chi connectivity index (χ4n) is 5.29. The highest BCUT2D eigenvalue weighted by atomic mass is 35.5. The summed E-state index contributed by atoms with van der Waals surface area (Å²) in [4.78, 5) is 31.2. The molecule has 0 spiro atoms. The Morgan fingerprint density at radius 2 is 1.50 bits per heavy atom. The minimum Gasteiger partial charge on any atom is -0.345 e. The zero-order valence-electron chi connectivity index (χ0n) is 20.7. The lowest BCUT2D eigenvalue weighted by molar-refractivity contribution is -0.133. The topological polar surface area (TPSA) is 45.6 Å². The molecule has 5 rings (SSSR count). The van der Waals surface area contributed by atoms with Crippen LogP contribution in [-0.4, -0.2) is 44.8 Å². The smallest absolute Gasteiger partial charge is 0.256 e. The third kappa shape index (κ3) is 5.84. The third-order valence-electron chi connectivity index (χ3n) is 7.45. The van der Waals surface area contributed by atoms with E-state index in [1.807, 2.05) is 41.3 Å². The fourth-order valence-corrected chi connectivity index (χ4v) is 5.51. The van der Waals surface area contributed by atoms with Gasteiger partial charge < -0.3 is 14.4 Å². The zero-order chi connectivity index (χ0) is 24.9. The van der Waals surface area contributed by atoms with Gasteiger partial charge in [-0.2, -0.15) is 0 Å². The van der Waals surface area contributed by atoms with E-state index in [1.165, 1.54) is 12.0 Å². The standard InChI is InChI=1S/C30H34ClN3O2/c31-28-16-8-7-15-27(28)30(36)34(24-12-5-2-6-13-24)22-29(35)33(25-17-18-25)21-26-14-9-19-32(26)20-23-10-3-1-4-11-23/h1,3-4,7-11,14-16,19,24-25H,2,5-6,12-13,17-18,20-22H2. The Morgan fingerprint density at radius 3 is 2.22 bits per heavy atom. The van der Waals surface area contributed by atoms with Crippen molar-refractivity contribution in [3.8, 4) is 0 Å². The molecule has 0 radical (unpaired) electrons. The molecule has 0 aliphatic heterocycles. The summed E-state index contributed by atoms with van der Waals surface area (Å²) in [5.41, 5.74) is 2.82. The van der Waals surface area contributed by atoms with Crippen LogP contribution >= 0.6 is 11.6 Å². The summed E-state index contributed by atoms with van der Waals surface area (Å²) in [6.45, 7) is 1.43. The molecule has 36 heavy (non-hydrogen) atoms. The Morgan fingerprint density at radius 1 is 0.806 bits per heavy atom. The van der Waals surface area contributed by atoms with Gasteiger partial charge >= 0.3 is 0 Å². The Kier molecular flexibility index (Phi) is 7.76. The zero-order valence-corrected chi connectivity index (χ0v) is 21.4. The quantitative estimate of drug-likeness (QED) is 0.351. The molecular weight excluding hydrogens is 470 g/mol. The summed E-state index contributed by atoms with van der Waals surface area (Å²) in [6, 6.07) is 22.0. The number of hydrogen-bond donors (Lipinski definition) is 0. The van der Waals surface area contributed by atoms with Gasteiger partial charge in [0.15, 0.2) is 0 Å². The summed E-state index contributed by atoms with van der Waals surface area (Å²) < 4.78 is 2.21. The van der Waals surface area contributed by atoms with Crippen LogP contribution in [0.5, 0.6) is 0 Å². The van der Waals surface area contributed by atoms with Crippen LogP contribution in [0, 0.1) is 0 Å². The molecule has 6 heteroatoms. The number of rotatable bonds is 9. The second-order valence-corrected chi connectivity index (χ2v) is 10.5. The molecule has 0 N–H and O–H groups in total. The molecule has 0 atom stereocenters. The van der Waals surface area contributed by atoms with Gasteiger partial charge in [-0.3, -0.25) is 9.59 Å². The number of aromatic nitrogens is 1. The molecule has 2 amide bonds. The Labute approximate surface area is 218 Å². The first-order chi connectivity index (χ1) is 17.6. The van der Waals surface area contributed by atoms with Gasteiger partial charge in [-0.1, -0.05) is 73.3 Å². The number of halogens is 1. The van der Waals surface area contributed by atoms with Crippen LogP contribution in [-0.2, 0) is 17.9 Å². The maximum absolute atomic E-state index is 13.8. The Bertz CT molecular complexity index is 1180. The van der Waals surface area contributed by atoms with Crippen LogP contribution in [0.25, 0.3) is 0 Å². The van der Waals surface area contributed by atoms with Crippen LogP contribution in [0.3, 0.4) is 0 Å². The highest BCUT2D eigenvalue weighted by Crippen LogP contribution is 2.31. The van der Waals surface area contributed by atoms with E-state index in [9.17, 15) is 9.59 Å². The minimum atomic E-state index is -0.135. The monoisotopic (exact) mass is 503 g/mol. The van der Waals surface area contributed by atoms with Crippen molar-refractivity contribution in [2.24, 2.45) is 0 Å². The van der Waals surface area contributed by atoms with E-state index in [4.69, 9.17) is 11.6 Å². The van der Waals surface area contributed by atoms with E-state index in [-0.39, 0.29) is 30.4 Å². The highest BCUT2D eigenvalue weighted by molar-refractivity contribution is 6.33. The molecule has 2 fully saturated rings. The molecule has 1 heterocycles. The van der Waals surface area contributed by atoms with Crippen molar-refractivity contribution in [3.63, 3.8) is 0 Å². The molecule has 1 aromatic heterocycles. The first-order valence-corrected chi connectivity index (χ1v) is 13.5. The fraction of sp³-hybridized carbons (Fsp3) is 0.400. The van der Waals surface area contributed by atoms with Crippen molar-refractivity contribution >= 4 is 23.4 Å². The van der Waals surface area contributed by atoms with Crippen LogP contribution in [0.2, 0.25) is 5.02 Å². The summed E-state index contributed by atoms with van der Waals surface area (Å²) in [5.74, 6) is -0.111. The third-order valence-corrected chi connectivity index (χ3v) is 7.78. The van der Waals surface area contributed by atoms with Gasteiger partial charge in [0.05, 0.1) is 17.1 Å². The van der Waals surface area contributed by atoms with Crippen molar-refractivity contribution in [2.75, 3.05) is 6.54 Å². The van der Waals surface area contributed by atoms with E-state index in [2.05, 4.69) is 29.0 Å². The van der Waals surface area contributed by atoms with E-state index >= 15 is 0 Å². The summed E-state index contributed by atoms with van der Waals surface area (Å²) in [7, 11) is 0.